The number of carbonyl (C=O) groups excluding carboxylic acids is 1. The molecule has 0 aliphatic carbocycles. The number of furan rings is 1. The van der Waals surface area contributed by atoms with Crippen molar-refractivity contribution in [2.24, 2.45) is 0 Å². The average Bonchev–Trinajstić information content (AvgIpc) is 3.11. The highest BCUT2D eigenvalue weighted by Crippen LogP contribution is 2.26. The van der Waals surface area contributed by atoms with E-state index in [4.69, 9.17) is 9.15 Å². The monoisotopic (exact) mass is 393 g/mol. The van der Waals surface area contributed by atoms with Gasteiger partial charge in [-0.3, -0.25) is 14.7 Å². The summed E-state index contributed by atoms with van der Waals surface area (Å²) in [4.78, 5) is 21.8. The molecule has 2 aromatic heterocycles. The Balaban J connectivity index is 1.51. The molecular weight excluding hydrogens is 366 g/mol. The van der Waals surface area contributed by atoms with E-state index in [9.17, 15) is 4.79 Å². The lowest BCUT2D eigenvalue weighted by molar-refractivity contribution is 0.0354. The molecule has 1 aliphatic rings. The molecule has 1 amide bonds. The maximum absolute atomic E-state index is 13.4. The molecule has 6 nitrogen and oxygen atoms in total. The third-order valence-electron chi connectivity index (χ3n) is 5.45. The molecule has 1 aliphatic heterocycles. The molecule has 1 saturated heterocycles. The Labute approximate surface area is 171 Å². The fourth-order valence-corrected chi connectivity index (χ4v) is 3.79. The second kappa shape index (κ2) is 9.20. The summed E-state index contributed by atoms with van der Waals surface area (Å²) < 4.78 is 11.4. The molecule has 0 radical (unpaired) electrons. The molecule has 152 valence electrons. The van der Waals surface area contributed by atoms with Crippen molar-refractivity contribution >= 4 is 16.9 Å². The van der Waals surface area contributed by atoms with E-state index in [0.29, 0.717) is 18.8 Å². The summed E-state index contributed by atoms with van der Waals surface area (Å²) in [6.45, 7) is 7.63. The molecule has 6 heteroatoms. The van der Waals surface area contributed by atoms with Gasteiger partial charge in [0, 0.05) is 56.1 Å². The van der Waals surface area contributed by atoms with E-state index in [1.165, 1.54) is 0 Å². The van der Waals surface area contributed by atoms with Gasteiger partial charge >= 0.3 is 0 Å². The minimum Gasteiger partial charge on any atom is -0.451 e. The first-order valence-corrected chi connectivity index (χ1v) is 10.2. The van der Waals surface area contributed by atoms with E-state index in [1.807, 2.05) is 48.2 Å². The molecule has 0 atom stereocenters. The summed E-state index contributed by atoms with van der Waals surface area (Å²) in [6, 6.07) is 11.7. The Kier molecular flexibility index (Phi) is 6.22. The largest absolute Gasteiger partial charge is 0.451 e. The van der Waals surface area contributed by atoms with Crippen molar-refractivity contribution < 1.29 is 13.9 Å². The first-order valence-electron chi connectivity index (χ1n) is 10.2. The predicted molar refractivity (Wildman–Crippen MR) is 112 cm³/mol. The van der Waals surface area contributed by atoms with Gasteiger partial charge in [0.25, 0.3) is 5.91 Å². The molecule has 1 fully saturated rings. The van der Waals surface area contributed by atoms with Crippen molar-refractivity contribution in [2.75, 3.05) is 39.4 Å². The number of rotatable bonds is 7. The highest BCUT2D eigenvalue weighted by atomic mass is 16.5. The predicted octanol–water partition coefficient (Wildman–Crippen LogP) is 3.50. The summed E-state index contributed by atoms with van der Waals surface area (Å²) in [6.07, 6.45) is 4.44. The van der Waals surface area contributed by atoms with Crippen molar-refractivity contribution in [1.82, 2.24) is 14.8 Å². The number of aromatic nitrogens is 1. The van der Waals surface area contributed by atoms with E-state index in [-0.39, 0.29) is 5.91 Å². The zero-order valence-corrected chi connectivity index (χ0v) is 16.8. The molecular formula is C23H27N3O3. The third-order valence-corrected chi connectivity index (χ3v) is 5.45. The number of morpholine rings is 1. The van der Waals surface area contributed by atoms with Crippen molar-refractivity contribution in [1.29, 1.82) is 0 Å². The van der Waals surface area contributed by atoms with E-state index in [1.54, 1.807) is 12.4 Å². The van der Waals surface area contributed by atoms with Crippen LogP contribution in [-0.2, 0) is 11.3 Å². The molecule has 0 N–H and O–H groups in total. The van der Waals surface area contributed by atoms with Gasteiger partial charge in [-0.05, 0) is 37.1 Å². The van der Waals surface area contributed by atoms with Gasteiger partial charge in [-0.1, -0.05) is 18.2 Å². The molecule has 4 rings (SSSR count). The molecule has 1 aromatic carbocycles. The number of hydrogen-bond acceptors (Lipinski definition) is 5. The van der Waals surface area contributed by atoms with Crippen LogP contribution in [0.3, 0.4) is 0 Å². The summed E-state index contributed by atoms with van der Waals surface area (Å²) in [5.41, 5.74) is 2.72. The van der Waals surface area contributed by atoms with Gasteiger partial charge < -0.3 is 14.1 Å². The number of aryl methyl sites for hydroxylation is 1. The van der Waals surface area contributed by atoms with Crippen LogP contribution in [0.2, 0.25) is 0 Å². The number of para-hydroxylation sites is 1. The van der Waals surface area contributed by atoms with Crippen LogP contribution in [0.25, 0.3) is 11.0 Å². The molecule has 0 saturated carbocycles. The van der Waals surface area contributed by atoms with Crippen LogP contribution in [-0.4, -0.2) is 60.1 Å². The number of fused-ring (bicyclic) bond motifs is 1. The van der Waals surface area contributed by atoms with Gasteiger partial charge in [0.2, 0.25) is 0 Å². The lowest BCUT2D eigenvalue weighted by Crippen LogP contribution is -2.39. The van der Waals surface area contributed by atoms with E-state index in [2.05, 4.69) is 9.88 Å². The number of nitrogens with zero attached hydrogens (tertiary/aromatic N) is 3. The number of hydrogen-bond donors (Lipinski definition) is 0. The average molecular weight is 393 g/mol. The normalized spacial score (nSPS) is 14.9. The van der Waals surface area contributed by atoms with Crippen LogP contribution in [0.15, 0.2) is 53.2 Å². The fourth-order valence-electron chi connectivity index (χ4n) is 3.79. The van der Waals surface area contributed by atoms with E-state index in [0.717, 1.165) is 61.4 Å². The minimum absolute atomic E-state index is 0.0579. The van der Waals surface area contributed by atoms with Gasteiger partial charge in [-0.2, -0.15) is 0 Å². The standard InChI is InChI=1S/C23H27N3O3/c1-18-20-5-2-3-6-21(20)29-22(18)23(27)26(17-19-7-9-24-10-8-19)12-4-11-25-13-15-28-16-14-25/h2-3,5-10H,4,11-17H2,1H3. The van der Waals surface area contributed by atoms with Crippen LogP contribution in [0, 0.1) is 6.92 Å². The van der Waals surface area contributed by atoms with Crippen LogP contribution in [0.5, 0.6) is 0 Å². The first-order chi connectivity index (χ1) is 14.2. The highest BCUT2D eigenvalue weighted by Gasteiger charge is 2.23. The highest BCUT2D eigenvalue weighted by molar-refractivity contribution is 5.98. The van der Waals surface area contributed by atoms with Gasteiger partial charge in [0.05, 0.1) is 13.2 Å². The summed E-state index contributed by atoms with van der Waals surface area (Å²) in [5.74, 6) is 0.379. The van der Waals surface area contributed by atoms with Gasteiger partial charge in [0.15, 0.2) is 5.76 Å². The van der Waals surface area contributed by atoms with Crippen molar-refractivity contribution in [2.45, 2.75) is 19.9 Å². The molecule has 29 heavy (non-hydrogen) atoms. The molecule has 3 aromatic rings. The van der Waals surface area contributed by atoms with Crippen molar-refractivity contribution in [3.8, 4) is 0 Å². The number of amides is 1. The number of benzene rings is 1. The minimum atomic E-state index is -0.0579. The van der Waals surface area contributed by atoms with Gasteiger partial charge in [0.1, 0.15) is 5.58 Å². The summed E-state index contributed by atoms with van der Waals surface area (Å²) in [5, 5.41) is 0.994. The Hall–Kier alpha value is -2.70. The van der Waals surface area contributed by atoms with Crippen molar-refractivity contribution in [3.05, 3.63) is 65.7 Å². The quantitative estimate of drug-likeness (QED) is 0.615. The Bertz CT molecular complexity index is 948. The van der Waals surface area contributed by atoms with Gasteiger partial charge in [-0.25, -0.2) is 0 Å². The topological polar surface area (TPSA) is 58.8 Å². The van der Waals surface area contributed by atoms with Crippen LogP contribution in [0.1, 0.15) is 28.1 Å². The Morgan fingerprint density at radius 3 is 2.66 bits per heavy atom. The molecule has 0 unspecified atom stereocenters. The lowest BCUT2D eigenvalue weighted by Gasteiger charge is -2.28. The Morgan fingerprint density at radius 2 is 1.90 bits per heavy atom. The van der Waals surface area contributed by atoms with Crippen LogP contribution >= 0.6 is 0 Å². The third kappa shape index (κ3) is 4.66. The molecule has 3 heterocycles. The van der Waals surface area contributed by atoms with E-state index >= 15 is 0 Å². The molecule has 0 spiro atoms. The number of pyridine rings is 1. The first kappa shape index (κ1) is 19.6. The molecule has 0 bridgehead atoms. The second-order valence-corrected chi connectivity index (χ2v) is 7.44. The number of carbonyl (C=O) groups is 1. The van der Waals surface area contributed by atoms with Crippen LogP contribution < -0.4 is 0 Å². The summed E-state index contributed by atoms with van der Waals surface area (Å²) >= 11 is 0. The fraction of sp³-hybridized carbons (Fsp3) is 0.391. The maximum atomic E-state index is 13.4. The van der Waals surface area contributed by atoms with Gasteiger partial charge in [-0.15, -0.1) is 0 Å². The van der Waals surface area contributed by atoms with Crippen LogP contribution in [0.4, 0.5) is 0 Å². The number of ether oxygens (including phenoxy) is 1. The SMILES string of the molecule is Cc1c(C(=O)N(CCCN2CCOCC2)Cc2ccncc2)oc2ccccc12. The zero-order valence-electron chi connectivity index (χ0n) is 16.8. The maximum Gasteiger partial charge on any atom is 0.290 e. The van der Waals surface area contributed by atoms with Crippen molar-refractivity contribution in [3.63, 3.8) is 0 Å². The zero-order chi connectivity index (χ0) is 20.1. The summed E-state index contributed by atoms with van der Waals surface area (Å²) in [7, 11) is 0. The lowest BCUT2D eigenvalue weighted by atomic mass is 10.1. The second-order valence-electron chi connectivity index (χ2n) is 7.44. The smallest absolute Gasteiger partial charge is 0.290 e. The van der Waals surface area contributed by atoms with E-state index < -0.39 is 0 Å². The Morgan fingerprint density at radius 1 is 1.14 bits per heavy atom.